The van der Waals surface area contributed by atoms with Crippen LogP contribution in [0, 0.1) is 11.3 Å². The van der Waals surface area contributed by atoms with E-state index in [-0.39, 0.29) is 0 Å². The molecule has 2 saturated heterocycles. The third kappa shape index (κ3) is 3.33. The minimum absolute atomic E-state index is 0.551. The third-order valence-electron chi connectivity index (χ3n) is 6.29. The lowest BCUT2D eigenvalue weighted by Crippen LogP contribution is -2.42. The zero-order chi connectivity index (χ0) is 15.4. The molecule has 0 aromatic carbocycles. The lowest BCUT2D eigenvalue weighted by molar-refractivity contribution is 0.0409. The number of ether oxygens (including phenoxy) is 1. The van der Waals surface area contributed by atoms with Gasteiger partial charge in [-0.1, -0.05) is 24.6 Å². The molecular formula is C20H33NO. The number of nitrogens with zero attached hydrogens (tertiary/aromatic N) is 1. The van der Waals surface area contributed by atoms with Gasteiger partial charge in [0.25, 0.3) is 0 Å². The summed E-state index contributed by atoms with van der Waals surface area (Å²) in [6, 6.07) is 0. The zero-order valence-electron chi connectivity index (χ0n) is 14.6. The highest BCUT2D eigenvalue weighted by molar-refractivity contribution is 5.36. The van der Waals surface area contributed by atoms with Crippen LogP contribution in [0.4, 0.5) is 0 Å². The molecule has 0 amide bonds. The van der Waals surface area contributed by atoms with Crippen LogP contribution in [0.15, 0.2) is 23.3 Å². The summed E-state index contributed by atoms with van der Waals surface area (Å²) in [6.07, 6.45) is 13.9. The highest BCUT2D eigenvalue weighted by Crippen LogP contribution is 2.51. The number of hydrogen-bond donors (Lipinski definition) is 0. The first kappa shape index (κ1) is 16.3. The van der Waals surface area contributed by atoms with Crippen LogP contribution in [0.2, 0.25) is 0 Å². The van der Waals surface area contributed by atoms with Gasteiger partial charge in [-0.2, -0.15) is 0 Å². The molecule has 0 unspecified atom stereocenters. The second-order valence-corrected chi connectivity index (χ2v) is 7.49. The second kappa shape index (κ2) is 7.31. The fourth-order valence-electron chi connectivity index (χ4n) is 5.01. The first-order valence-electron chi connectivity index (χ1n) is 9.43. The van der Waals surface area contributed by atoms with Crippen molar-refractivity contribution in [1.82, 2.24) is 4.90 Å². The SMILES string of the molecule is C/C=C\C1=C(CC)C2(CC1)CCN(CC1CCOCC1)CC2. The third-order valence-corrected chi connectivity index (χ3v) is 6.29. The first-order valence-corrected chi connectivity index (χ1v) is 9.43. The molecule has 22 heavy (non-hydrogen) atoms. The summed E-state index contributed by atoms with van der Waals surface area (Å²) in [5, 5.41) is 0. The molecular weight excluding hydrogens is 270 g/mol. The van der Waals surface area contributed by atoms with E-state index in [1.807, 2.05) is 0 Å². The first-order chi connectivity index (χ1) is 10.8. The Kier molecular flexibility index (Phi) is 5.41. The summed E-state index contributed by atoms with van der Waals surface area (Å²) in [5.74, 6) is 0.881. The summed E-state index contributed by atoms with van der Waals surface area (Å²) in [6.45, 7) is 10.4. The lowest BCUT2D eigenvalue weighted by atomic mass is 9.72. The van der Waals surface area contributed by atoms with E-state index in [4.69, 9.17) is 4.74 Å². The molecule has 0 N–H and O–H groups in total. The Morgan fingerprint density at radius 2 is 1.91 bits per heavy atom. The van der Waals surface area contributed by atoms with Gasteiger partial charge in [0.2, 0.25) is 0 Å². The summed E-state index contributed by atoms with van der Waals surface area (Å²) in [7, 11) is 0. The molecule has 3 rings (SSSR count). The van der Waals surface area contributed by atoms with Gasteiger partial charge >= 0.3 is 0 Å². The van der Waals surface area contributed by atoms with Gasteiger partial charge in [0, 0.05) is 19.8 Å². The predicted molar refractivity (Wildman–Crippen MR) is 93.0 cm³/mol. The van der Waals surface area contributed by atoms with E-state index < -0.39 is 0 Å². The molecule has 124 valence electrons. The molecule has 0 aromatic heterocycles. The predicted octanol–water partition coefficient (Wildman–Crippen LogP) is 4.57. The largest absolute Gasteiger partial charge is 0.381 e. The Morgan fingerprint density at radius 1 is 1.18 bits per heavy atom. The molecule has 2 heterocycles. The Hall–Kier alpha value is -0.600. The second-order valence-electron chi connectivity index (χ2n) is 7.49. The van der Waals surface area contributed by atoms with E-state index in [0.29, 0.717) is 5.41 Å². The number of likely N-dealkylation sites (tertiary alicyclic amines) is 1. The van der Waals surface area contributed by atoms with Crippen LogP contribution in [0.25, 0.3) is 0 Å². The summed E-state index contributed by atoms with van der Waals surface area (Å²) >= 11 is 0. The van der Waals surface area contributed by atoms with Crippen molar-refractivity contribution in [1.29, 1.82) is 0 Å². The monoisotopic (exact) mass is 303 g/mol. The Labute approximate surface area is 136 Å². The fourth-order valence-corrected chi connectivity index (χ4v) is 5.01. The summed E-state index contributed by atoms with van der Waals surface area (Å²) in [4.78, 5) is 2.74. The summed E-state index contributed by atoms with van der Waals surface area (Å²) < 4.78 is 5.50. The van der Waals surface area contributed by atoms with E-state index in [9.17, 15) is 0 Å². The molecule has 2 fully saturated rings. The molecule has 0 radical (unpaired) electrons. The zero-order valence-corrected chi connectivity index (χ0v) is 14.6. The Bertz CT molecular complexity index is 423. The Morgan fingerprint density at radius 3 is 2.55 bits per heavy atom. The van der Waals surface area contributed by atoms with E-state index in [2.05, 4.69) is 30.9 Å². The van der Waals surface area contributed by atoms with E-state index in [1.165, 1.54) is 64.6 Å². The van der Waals surface area contributed by atoms with Gasteiger partial charge in [-0.3, -0.25) is 0 Å². The molecule has 1 aliphatic carbocycles. The quantitative estimate of drug-likeness (QED) is 0.754. The van der Waals surface area contributed by atoms with Crippen LogP contribution in [0.3, 0.4) is 0 Å². The van der Waals surface area contributed by atoms with Gasteiger partial charge < -0.3 is 9.64 Å². The van der Waals surface area contributed by atoms with Crippen molar-refractivity contribution in [3.63, 3.8) is 0 Å². The van der Waals surface area contributed by atoms with E-state index in [1.54, 1.807) is 11.1 Å². The number of rotatable bonds is 4. The minimum Gasteiger partial charge on any atom is -0.381 e. The maximum atomic E-state index is 5.50. The van der Waals surface area contributed by atoms with Gasteiger partial charge in [-0.15, -0.1) is 0 Å². The molecule has 2 heteroatoms. The maximum Gasteiger partial charge on any atom is 0.0469 e. The molecule has 1 spiro atoms. The van der Waals surface area contributed by atoms with Gasteiger partial charge in [-0.05, 0) is 81.9 Å². The van der Waals surface area contributed by atoms with Gasteiger partial charge in [-0.25, -0.2) is 0 Å². The molecule has 0 bridgehead atoms. The molecule has 2 aliphatic heterocycles. The maximum absolute atomic E-state index is 5.50. The average molecular weight is 303 g/mol. The number of allylic oxidation sites excluding steroid dienone is 4. The lowest BCUT2D eigenvalue weighted by Gasteiger charge is -2.42. The Balaban J connectivity index is 1.58. The average Bonchev–Trinajstić information content (AvgIpc) is 2.89. The highest BCUT2D eigenvalue weighted by Gasteiger charge is 2.41. The standard InChI is InChI=1S/C20H33NO/c1-3-5-18-6-9-20(19(18)4-2)10-12-21(13-11-20)16-17-7-14-22-15-8-17/h3,5,17H,4,6-16H2,1-2H3/b5-3-. The summed E-state index contributed by atoms with van der Waals surface area (Å²) in [5.41, 5.74) is 4.00. The van der Waals surface area contributed by atoms with Crippen molar-refractivity contribution in [3.05, 3.63) is 23.3 Å². The molecule has 0 aromatic rings. The van der Waals surface area contributed by atoms with E-state index in [0.717, 1.165) is 19.1 Å². The number of hydrogen-bond acceptors (Lipinski definition) is 2. The van der Waals surface area contributed by atoms with Crippen molar-refractivity contribution in [2.75, 3.05) is 32.8 Å². The van der Waals surface area contributed by atoms with Gasteiger partial charge in [0.05, 0.1) is 0 Å². The molecule has 0 atom stereocenters. The van der Waals surface area contributed by atoms with Crippen molar-refractivity contribution in [2.24, 2.45) is 11.3 Å². The van der Waals surface area contributed by atoms with Crippen molar-refractivity contribution >= 4 is 0 Å². The topological polar surface area (TPSA) is 12.5 Å². The van der Waals surface area contributed by atoms with Crippen LogP contribution >= 0.6 is 0 Å². The van der Waals surface area contributed by atoms with Crippen LogP contribution in [-0.4, -0.2) is 37.7 Å². The minimum atomic E-state index is 0.551. The molecule has 2 nitrogen and oxygen atoms in total. The van der Waals surface area contributed by atoms with Crippen LogP contribution in [-0.2, 0) is 4.74 Å². The fraction of sp³-hybridized carbons (Fsp3) is 0.800. The molecule has 3 aliphatic rings. The highest BCUT2D eigenvalue weighted by atomic mass is 16.5. The van der Waals surface area contributed by atoms with Gasteiger partial charge in [0.1, 0.15) is 0 Å². The van der Waals surface area contributed by atoms with Crippen molar-refractivity contribution < 1.29 is 4.74 Å². The van der Waals surface area contributed by atoms with Crippen LogP contribution < -0.4 is 0 Å². The van der Waals surface area contributed by atoms with Crippen LogP contribution in [0.1, 0.15) is 58.8 Å². The van der Waals surface area contributed by atoms with Crippen molar-refractivity contribution in [2.45, 2.75) is 58.8 Å². The van der Waals surface area contributed by atoms with Crippen LogP contribution in [0.5, 0.6) is 0 Å². The molecule has 0 saturated carbocycles. The van der Waals surface area contributed by atoms with E-state index >= 15 is 0 Å². The smallest absolute Gasteiger partial charge is 0.0469 e. The van der Waals surface area contributed by atoms with Crippen molar-refractivity contribution in [3.8, 4) is 0 Å². The normalized spacial score (nSPS) is 27.4. The number of piperidine rings is 1. The van der Waals surface area contributed by atoms with Gasteiger partial charge in [0.15, 0.2) is 0 Å².